The third kappa shape index (κ3) is 3.95. The first-order valence-electron chi connectivity index (χ1n) is 7.95. The number of amides is 1. The van der Waals surface area contributed by atoms with Crippen LogP contribution >= 0.6 is 23.2 Å². The molecule has 0 aromatic heterocycles. The Morgan fingerprint density at radius 3 is 2.77 bits per heavy atom. The van der Waals surface area contributed by atoms with Gasteiger partial charge in [0.1, 0.15) is 0 Å². The average molecular weight is 342 g/mol. The van der Waals surface area contributed by atoms with Gasteiger partial charge in [-0.2, -0.15) is 0 Å². The molecule has 1 aromatic carbocycles. The second-order valence-corrected chi connectivity index (χ2v) is 7.00. The lowest BCUT2D eigenvalue weighted by Gasteiger charge is -2.25. The standard InChI is InChI=1S/C17H21Cl2NO2/c18-15-3-1-2-13(17(15)19)4-7-16(21)20(14-5-6-14)10-12-8-9-22-11-12/h1-3,12,14H,4-11H2. The van der Waals surface area contributed by atoms with E-state index in [4.69, 9.17) is 27.9 Å². The van der Waals surface area contributed by atoms with E-state index in [0.717, 1.165) is 44.6 Å². The molecular formula is C17H21Cl2NO2. The maximum atomic E-state index is 12.6. The monoisotopic (exact) mass is 341 g/mol. The predicted octanol–water partition coefficient (Wildman–Crippen LogP) is 3.95. The summed E-state index contributed by atoms with van der Waals surface area (Å²) in [6, 6.07) is 6.03. The number of carbonyl (C=O) groups is 1. The summed E-state index contributed by atoms with van der Waals surface area (Å²) < 4.78 is 5.43. The van der Waals surface area contributed by atoms with Gasteiger partial charge in [0, 0.05) is 31.5 Å². The first-order chi connectivity index (χ1) is 10.6. The van der Waals surface area contributed by atoms with Crippen molar-refractivity contribution >= 4 is 29.1 Å². The van der Waals surface area contributed by atoms with Crippen molar-refractivity contribution in [2.45, 2.75) is 38.1 Å². The van der Waals surface area contributed by atoms with Gasteiger partial charge in [0.25, 0.3) is 0 Å². The highest BCUT2D eigenvalue weighted by Crippen LogP contribution is 2.31. The van der Waals surface area contributed by atoms with Gasteiger partial charge in [0.2, 0.25) is 5.91 Å². The number of rotatable bonds is 6. The van der Waals surface area contributed by atoms with Crippen molar-refractivity contribution in [3.8, 4) is 0 Å². The van der Waals surface area contributed by atoms with Gasteiger partial charge < -0.3 is 9.64 Å². The van der Waals surface area contributed by atoms with E-state index in [1.54, 1.807) is 6.07 Å². The first kappa shape index (κ1) is 16.1. The van der Waals surface area contributed by atoms with Crippen LogP contribution in [-0.2, 0) is 16.0 Å². The molecule has 22 heavy (non-hydrogen) atoms. The Bertz CT molecular complexity index is 539. The molecule has 1 amide bonds. The van der Waals surface area contributed by atoms with Crippen LogP contribution in [0.2, 0.25) is 10.0 Å². The quantitative estimate of drug-likeness (QED) is 0.783. The van der Waals surface area contributed by atoms with Gasteiger partial charge in [-0.25, -0.2) is 0 Å². The van der Waals surface area contributed by atoms with Crippen molar-refractivity contribution in [3.63, 3.8) is 0 Å². The molecule has 2 aliphatic rings. The summed E-state index contributed by atoms with van der Waals surface area (Å²) in [7, 11) is 0. The summed E-state index contributed by atoms with van der Waals surface area (Å²) >= 11 is 12.2. The normalized spacial score (nSPS) is 21.1. The highest BCUT2D eigenvalue weighted by Gasteiger charge is 2.34. The molecule has 1 aromatic rings. The number of nitrogens with zero attached hydrogens (tertiary/aromatic N) is 1. The zero-order valence-corrected chi connectivity index (χ0v) is 14.1. The molecule has 1 unspecified atom stereocenters. The smallest absolute Gasteiger partial charge is 0.223 e. The fourth-order valence-corrected chi connectivity index (χ4v) is 3.39. The minimum atomic E-state index is 0.227. The molecule has 3 nitrogen and oxygen atoms in total. The predicted molar refractivity (Wildman–Crippen MR) is 88.4 cm³/mol. The first-order valence-corrected chi connectivity index (χ1v) is 8.71. The van der Waals surface area contributed by atoms with Crippen LogP contribution < -0.4 is 0 Å². The number of aryl methyl sites for hydroxylation is 1. The van der Waals surface area contributed by atoms with Crippen molar-refractivity contribution in [1.82, 2.24) is 4.90 Å². The van der Waals surface area contributed by atoms with E-state index in [0.29, 0.717) is 34.8 Å². The minimum Gasteiger partial charge on any atom is -0.381 e. The molecule has 1 saturated carbocycles. The molecule has 3 rings (SSSR count). The molecule has 1 aliphatic heterocycles. The highest BCUT2D eigenvalue weighted by atomic mass is 35.5. The number of halogens is 2. The Morgan fingerprint density at radius 2 is 2.09 bits per heavy atom. The van der Waals surface area contributed by atoms with Gasteiger partial charge >= 0.3 is 0 Å². The van der Waals surface area contributed by atoms with Gasteiger partial charge in [-0.15, -0.1) is 0 Å². The van der Waals surface area contributed by atoms with Crippen LogP contribution in [0.25, 0.3) is 0 Å². The lowest BCUT2D eigenvalue weighted by molar-refractivity contribution is -0.132. The molecule has 5 heteroatoms. The summed E-state index contributed by atoms with van der Waals surface area (Å²) in [5.41, 5.74) is 0.947. The number of hydrogen-bond donors (Lipinski definition) is 0. The molecule has 1 heterocycles. The largest absolute Gasteiger partial charge is 0.381 e. The molecule has 1 aliphatic carbocycles. The molecule has 0 bridgehead atoms. The molecule has 0 spiro atoms. The number of ether oxygens (including phenoxy) is 1. The van der Waals surface area contributed by atoms with Gasteiger partial charge in [-0.3, -0.25) is 4.79 Å². The van der Waals surface area contributed by atoms with Crippen LogP contribution in [0, 0.1) is 5.92 Å². The molecular weight excluding hydrogens is 321 g/mol. The molecule has 1 atom stereocenters. The van der Waals surface area contributed by atoms with E-state index in [1.165, 1.54) is 0 Å². The number of carbonyl (C=O) groups excluding carboxylic acids is 1. The Hall–Kier alpha value is -0.770. The van der Waals surface area contributed by atoms with Crippen LogP contribution in [0.1, 0.15) is 31.2 Å². The number of hydrogen-bond acceptors (Lipinski definition) is 2. The Morgan fingerprint density at radius 1 is 1.27 bits per heavy atom. The highest BCUT2D eigenvalue weighted by molar-refractivity contribution is 6.42. The summed E-state index contributed by atoms with van der Waals surface area (Å²) in [5, 5.41) is 1.12. The molecule has 0 radical (unpaired) electrons. The SMILES string of the molecule is O=C(CCc1cccc(Cl)c1Cl)N(CC1CCOC1)C1CC1. The van der Waals surface area contributed by atoms with Crippen LogP contribution in [-0.4, -0.2) is 36.6 Å². The minimum absolute atomic E-state index is 0.227. The van der Waals surface area contributed by atoms with Gasteiger partial charge in [0.15, 0.2) is 0 Å². The van der Waals surface area contributed by atoms with Crippen LogP contribution in [0.15, 0.2) is 18.2 Å². The second-order valence-electron chi connectivity index (χ2n) is 6.22. The van der Waals surface area contributed by atoms with Gasteiger partial charge in [-0.1, -0.05) is 35.3 Å². The average Bonchev–Trinajstić information content (AvgIpc) is 3.22. The molecule has 120 valence electrons. The van der Waals surface area contributed by atoms with Crippen LogP contribution in [0.5, 0.6) is 0 Å². The molecule has 2 fully saturated rings. The fraction of sp³-hybridized carbons (Fsp3) is 0.588. The summed E-state index contributed by atoms with van der Waals surface area (Å²) in [5.74, 6) is 0.727. The van der Waals surface area contributed by atoms with E-state index in [1.807, 2.05) is 12.1 Å². The third-order valence-electron chi connectivity index (χ3n) is 4.43. The summed E-state index contributed by atoms with van der Waals surface area (Å²) in [6.07, 6.45) is 4.47. The second kappa shape index (κ2) is 7.20. The van der Waals surface area contributed by atoms with Crippen LogP contribution in [0.4, 0.5) is 0 Å². The molecule has 0 N–H and O–H groups in total. The lowest BCUT2D eigenvalue weighted by atomic mass is 10.1. The zero-order chi connectivity index (χ0) is 15.5. The topological polar surface area (TPSA) is 29.5 Å². The summed E-state index contributed by atoms with van der Waals surface area (Å²) in [4.78, 5) is 14.7. The fourth-order valence-electron chi connectivity index (χ4n) is 2.97. The van der Waals surface area contributed by atoms with Gasteiger partial charge in [0.05, 0.1) is 16.7 Å². The van der Waals surface area contributed by atoms with Crippen molar-refractivity contribution in [2.75, 3.05) is 19.8 Å². The van der Waals surface area contributed by atoms with Gasteiger partial charge in [-0.05, 0) is 37.3 Å². The number of benzene rings is 1. The Balaban J connectivity index is 1.58. The van der Waals surface area contributed by atoms with E-state index < -0.39 is 0 Å². The zero-order valence-electron chi connectivity index (χ0n) is 12.6. The summed E-state index contributed by atoms with van der Waals surface area (Å²) in [6.45, 7) is 2.46. The van der Waals surface area contributed by atoms with Crippen molar-refractivity contribution in [1.29, 1.82) is 0 Å². The third-order valence-corrected chi connectivity index (χ3v) is 5.28. The Kier molecular flexibility index (Phi) is 5.27. The van der Waals surface area contributed by atoms with E-state index in [9.17, 15) is 4.79 Å². The molecule has 1 saturated heterocycles. The van der Waals surface area contributed by atoms with Crippen molar-refractivity contribution < 1.29 is 9.53 Å². The van der Waals surface area contributed by atoms with E-state index in [2.05, 4.69) is 4.90 Å². The van der Waals surface area contributed by atoms with Crippen molar-refractivity contribution in [2.24, 2.45) is 5.92 Å². The Labute approximate surface area is 141 Å². The van der Waals surface area contributed by atoms with E-state index >= 15 is 0 Å². The van der Waals surface area contributed by atoms with Crippen molar-refractivity contribution in [3.05, 3.63) is 33.8 Å². The maximum absolute atomic E-state index is 12.6. The lowest BCUT2D eigenvalue weighted by Crippen LogP contribution is -2.37. The maximum Gasteiger partial charge on any atom is 0.223 e. The van der Waals surface area contributed by atoms with Crippen LogP contribution in [0.3, 0.4) is 0 Å². The van der Waals surface area contributed by atoms with E-state index in [-0.39, 0.29) is 5.91 Å².